The molecule has 2 heterocycles. The largest absolute Gasteiger partial charge is 1.00 e. The van der Waals surface area contributed by atoms with Crippen LogP contribution in [0.4, 0.5) is 0 Å². The minimum absolute atomic E-state index is 0. The molecule has 0 saturated heterocycles. The first-order valence-electron chi connectivity index (χ1n) is 9.62. The summed E-state index contributed by atoms with van der Waals surface area (Å²) in [6.07, 6.45) is 15.7. The second-order valence-electron chi connectivity index (χ2n) is 7.53. The fourth-order valence-electron chi connectivity index (χ4n) is 3.72. The van der Waals surface area contributed by atoms with Crippen molar-refractivity contribution in [2.75, 3.05) is 20.1 Å². The van der Waals surface area contributed by atoms with Crippen LogP contribution in [-0.2, 0) is 13.0 Å². The average Bonchev–Trinajstić information content (AvgIpc) is 2.96. The zero-order valence-corrected chi connectivity index (χ0v) is 18.3. The van der Waals surface area contributed by atoms with Crippen molar-refractivity contribution in [2.45, 2.75) is 84.1 Å². The SMILES string of the molecule is CCCCCCCCCCCC[N+]1(C)CCc2ccsc2C1.[I-]. The van der Waals surface area contributed by atoms with Crippen molar-refractivity contribution in [3.05, 3.63) is 21.9 Å². The minimum Gasteiger partial charge on any atom is -1.00 e. The topological polar surface area (TPSA) is 0 Å². The molecule has 0 saturated carbocycles. The normalized spacial score (nSPS) is 20.1. The quantitative estimate of drug-likeness (QED) is 0.277. The minimum atomic E-state index is 0. The number of unbranched alkanes of at least 4 members (excludes halogenated alkanes) is 9. The lowest BCUT2D eigenvalue weighted by molar-refractivity contribution is -0.924. The summed E-state index contributed by atoms with van der Waals surface area (Å²) >= 11 is 1.97. The number of halogens is 1. The number of hydrogen-bond acceptors (Lipinski definition) is 1. The van der Waals surface area contributed by atoms with Gasteiger partial charge in [-0.05, 0) is 29.9 Å². The van der Waals surface area contributed by atoms with Gasteiger partial charge in [0.2, 0.25) is 0 Å². The Labute approximate surface area is 165 Å². The monoisotopic (exact) mass is 449 g/mol. The third-order valence-electron chi connectivity index (χ3n) is 5.34. The summed E-state index contributed by atoms with van der Waals surface area (Å²) in [5, 5.41) is 2.28. The molecule has 3 heteroatoms. The van der Waals surface area contributed by atoms with Gasteiger partial charge < -0.3 is 28.5 Å². The smallest absolute Gasteiger partial charge is 0.114 e. The van der Waals surface area contributed by atoms with E-state index in [2.05, 4.69) is 25.4 Å². The Kier molecular flexibility index (Phi) is 11.1. The predicted molar refractivity (Wildman–Crippen MR) is 99.5 cm³/mol. The third kappa shape index (κ3) is 7.87. The highest BCUT2D eigenvalue weighted by Gasteiger charge is 2.28. The predicted octanol–water partition coefficient (Wildman–Crippen LogP) is 3.18. The van der Waals surface area contributed by atoms with Gasteiger partial charge in [-0.1, -0.05) is 58.3 Å². The zero-order valence-electron chi connectivity index (χ0n) is 15.3. The number of quaternary nitrogens is 1. The van der Waals surface area contributed by atoms with E-state index in [0.29, 0.717) is 0 Å². The van der Waals surface area contributed by atoms with Gasteiger partial charge in [0.05, 0.1) is 25.0 Å². The van der Waals surface area contributed by atoms with Gasteiger partial charge in [0.15, 0.2) is 0 Å². The van der Waals surface area contributed by atoms with Gasteiger partial charge >= 0.3 is 0 Å². The van der Waals surface area contributed by atoms with Crippen molar-refractivity contribution in [3.63, 3.8) is 0 Å². The fraction of sp³-hybridized carbons (Fsp3) is 0.800. The number of nitrogens with zero attached hydrogens (tertiary/aromatic N) is 1. The van der Waals surface area contributed by atoms with Crippen LogP contribution in [0.1, 0.15) is 81.6 Å². The first-order valence-corrected chi connectivity index (χ1v) is 10.5. The van der Waals surface area contributed by atoms with Gasteiger partial charge in [0.25, 0.3) is 0 Å². The second-order valence-corrected chi connectivity index (χ2v) is 8.53. The van der Waals surface area contributed by atoms with Crippen LogP contribution in [0.2, 0.25) is 0 Å². The molecule has 0 aromatic carbocycles. The van der Waals surface area contributed by atoms with Gasteiger partial charge in [-0.15, -0.1) is 11.3 Å². The Balaban J connectivity index is 0.00000264. The Morgan fingerprint density at radius 2 is 1.57 bits per heavy atom. The van der Waals surface area contributed by atoms with Crippen LogP contribution in [0.25, 0.3) is 0 Å². The first-order chi connectivity index (χ1) is 10.7. The summed E-state index contributed by atoms with van der Waals surface area (Å²) in [7, 11) is 2.47. The molecule has 0 aliphatic carbocycles. The highest BCUT2D eigenvalue weighted by Crippen LogP contribution is 2.28. The molecule has 1 aromatic heterocycles. The van der Waals surface area contributed by atoms with Crippen molar-refractivity contribution in [3.8, 4) is 0 Å². The molecule has 1 unspecified atom stereocenters. The summed E-state index contributed by atoms with van der Waals surface area (Å²) in [5.74, 6) is 0. The Morgan fingerprint density at radius 1 is 0.957 bits per heavy atom. The molecule has 0 radical (unpaired) electrons. The number of fused-ring (bicyclic) bond motifs is 1. The zero-order chi connectivity index (χ0) is 15.7. The van der Waals surface area contributed by atoms with E-state index in [1.54, 1.807) is 10.4 Å². The molecule has 0 N–H and O–H groups in total. The maximum atomic E-state index is 2.47. The van der Waals surface area contributed by atoms with Crippen molar-refractivity contribution < 1.29 is 28.5 Å². The standard InChI is InChI=1S/C20H36NS.HI/c1-3-4-5-6-7-8-9-10-11-12-15-21(2)16-13-19-14-17-22-20(19)18-21;/h14,17H,3-13,15-16,18H2,1-2H3;1H/q+1;/p-1. The molecule has 134 valence electrons. The highest BCUT2D eigenvalue weighted by molar-refractivity contribution is 7.10. The van der Waals surface area contributed by atoms with E-state index < -0.39 is 0 Å². The van der Waals surface area contributed by atoms with Crippen LogP contribution in [0.3, 0.4) is 0 Å². The van der Waals surface area contributed by atoms with E-state index in [1.165, 1.54) is 94.7 Å². The average molecular weight is 449 g/mol. The molecule has 1 atom stereocenters. The van der Waals surface area contributed by atoms with Crippen LogP contribution < -0.4 is 24.0 Å². The van der Waals surface area contributed by atoms with Gasteiger partial charge in [0, 0.05) is 6.42 Å². The van der Waals surface area contributed by atoms with E-state index >= 15 is 0 Å². The van der Waals surface area contributed by atoms with E-state index in [-0.39, 0.29) is 24.0 Å². The number of likely N-dealkylation sites (N-methyl/N-ethyl adjacent to an activating group) is 1. The Morgan fingerprint density at radius 3 is 2.22 bits per heavy atom. The molecule has 0 fully saturated rings. The Bertz CT molecular complexity index is 418. The molecule has 0 spiro atoms. The van der Waals surface area contributed by atoms with E-state index in [1.807, 2.05) is 11.3 Å². The van der Waals surface area contributed by atoms with Gasteiger partial charge in [0.1, 0.15) is 6.54 Å². The summed E-state index contributed by atoms with van der Waals surface area (Å²) in [4.78, 5) is 1.65. The summed E-state index contributed by atoms with van der Waals surface area (Å²) in [6, 6.07) is 2.34. The molecule has 2 rings (SSSR count). The molecule has 1 nitrogen and oxygen atoms in total. The second kappa shape index (κ2) is 11.9. The van der Waals surface area contributed by atoms with Crippen LogP contribution >= 0.6 is 11.3 Å². The highest BCUT2D eigenvalue weighted by atomic mass is 127. The molecular weight excluding hydrogens is 413 g/mol. The third-order valence-corrected chi connectivity index (χ3v) is 6.28. The molecule has 0 amide bonds. The summed E-state index contributed by atoms with van der Waals surface area (Å²) in [5.41, 5.74) is 1.63. The number of rotatable bonds is 11. The molecule has 1 aliphatic rings. The van der Waals surface area contributed by atoms with Gasteiger partial charge in [-0.2, -0.15) is 0 Å². The lowest BCUT2D eigenvalue weighted by Gasteiger charge is -2.37. The lowest BCUT2D eigenvalue weighted by Crippen LogP contribution is -3.00. The van der Waals surface area contributed by atoms with Crippen LogP contribution in [0, 0.1) is 0 Å². The van der Waals surface area contributed by atoms with Crippen molar-refractivity contribution >= 4 is 11.3 Å². The van der Waals surface area contributed by atoms with Crippen molar-refractivity contribution in [1.82, 2.24) is 0 Å². The number of thiophene rings is 1. The summed E-state index contributed by atoms with van der Waals surface area (Å²) in [6.45, 7) is 6.31. The van der Waals surface area contributed by atoms with Crippen molar-refractivity contribution in [1.29, 1.82) is 0 Å². The van der Waals surface area contributed by atoms with E-state index in [0.717, 1.165) is 0 Å². The molecular formula is C20H36INS. The maximum absolute atomic E-state index is 2.47. The van der Waals surface area contributed by atoms with Crippen molar-refractivity contribution in [2.24, 2.45) is 0 Å². The van der Waals surface area contributed by atoms with Crippen LogP contribution in [0.5, 0.6) is 0 Å². The van der Waals surface area contributed by atoms with Gasteiger partial charge in [-0.3, -0.25) is 0 Å². The Hall–Kier alpha value is 0.390. The molecule has 23 heavy (non-hydrogen) atoms. The molecule has 0 bridgehead atoms. The first kappa shape index (κ1) is 21.4. The maximum Gasteiger partial charge on any atom is 0.114 e. The van der Waals surface area contributed by atoms with E-state index in [4.69, 9.17) is 0 Å². The van der Waals surface area contributed by atoms with Gasteiger partial charge in [-0.25, -0.2) is 0 Å². The summed E-state index contributed by atoms with van der Waals surface area (Å²) < 4.78 is 1.28. The number of hydrogen-bond donors (Lipinski definition) is 0. The molecule has 1 aliphatic heterocycles. The lowest BCUT2D eigenvalue weighted by atomic mass is 10.0. The van der Waals surface area contributed by atoms with Crippen LogP contribution in [0.15, 0.2) is 11.4 Å². The molecule has 1 aromatic rings. The van der Waals surface area contributed by atoms with Crippen LogP contribution in [-0.4, -0.2) is 24.6 Å². The fourth-order valence-corrected chi connectivity index (χ4v) is 4.82. The van der Waals surface area contributed by atoms with E-state index in [9.17, 15) is 0 Å².